The van der Waals surface area contributed by atoms with E-state index in [-0.39, 0.29) is 12.2 Å². The molecule has 0 fully saturated rings. The predicted molar refractivity (Wildman–Crippen MR) is 145 cm³/mol. The second-order valence-corrected chi connectivity index (χ2v) is 11.1. The number of aldehydes is 1. The molecule has 0 spiro atoms. The zero-order valence-electron chi connectivity index (χ0n) is 22.3. The Bertz CT molecular complexity index is 1250. The molecule has 0 amide bonds. The van der Waals surface area contributed by atoms with Gasteiger partial charge < -0.3 is 4.74 Å². The average Bonchev–Trinajstić information content (AvgIpc) is 3.28. The molecule has 38 heavy (non-hydrogen) atoms. The van der Waals surface area contributed by atoms with Crippen molar-refractivity contribution < 1.29 is 27.5 Å². The number of Topliss-reactive ketones (excluding diaryl/α,β-unsaturated/α-hetero) is 1. The SMILES string of the molecule is CCCCCCc1nc(-c2ccc(C(F)(F)F)cc2)sc1CCC(=O)c1ccc(OC(C)(C)C=O)c(C)c1. The lowest BCUT2D eigenvalue weighted by atomic mass is 10.0. The fourth-order valence-electron chi connectivity index (χ4n) is 4.03. The van der Waals surface area contributed by atoms with Crippen molar-refractivity contribution >= 4 is 23.4 Å². The third kappa shape index (κ3) is 8.00. The third-order valence-electron chi connectivity index (χ3n) is 6.24. The number of halogens is 3. The highest BCUT2D eigenvalue weighted by Crippen LogP contribution is 2.34. The van der Waals surface area contributed by atoms with Gasteiger partial charge in [0.1, 0.15) is 10.8 Å². The molecule has 0 bridgehead atoms. The summed E-state index contributed by atoms with van der Waals surface area (Å²) in [6, 6.07) is 10.2. The molecular weight excluding hydrogens is 511 g/mol. The molecule has 0 N–H and O–H groups in total. The van der Waals surface area contributed by atoms with Crippen molar-refractivity contribution in [3.8, 4) is 16.3 Å². The van der Waals surface area contributed by atoms with Crippen molar-refractivity contribution in [1.82, 2.24) is 4.98 Å². The number of hydrogen-bond donors (Lipinski definition) is 0. The number of rotatable bonds is 13. The van der Waals surface area contributed by atoms with Gasteiger partial charge in [-0.05, 0) is 75.9 Å². The van der Waals surface area contributed by atoms with Crippen LogP contribution in [0.15, 0.2) is 42.5 Å². The van der Waals surface area contributed by atoms with Gasteiger partial charge in [-0.1, -0.05) is 38.3 Å². The lowest BCUT2D eigenvalue weighted by Gasteiger charge is -2.21. The lowest BCUT2D eigenvalue weighted by molar-refractivity contribution is -0.137. The normalized spacial score (nSPS) is 12.0. The number of ether oxygens (including phenoxy) is 1. The Hall–Kier alpha value is -3.00. The van der Waals surface area contributed by atoms with Crippen LogP contribution in [0.25, 0.3) is 10.6 Å². The zero-order valence-corrected chi connectivity index (χ0v) is 23.1. The molecule has 8 heteroatoms. The molecular formula is C30H34F3NO3S. The fraction of sp³-hybridized carbons (Fsp3) is 0.433. The number of benzene rings is 2. The van der Waals surface area contributed by atoms with Gasteiger partial charge in [0.05, 0.1) is 11.3 Å². The van der Waals surface area contributed by atoms with Gasteiger partial charge in [0, 0.05) is 22.4 Å². The number of alkyl halides is 3. The minimum absolute atomic E-state index is 0.0179. The Morgan fingerprint density at radius 1 is 1.03 bits per heavy atom. The molecule has 1 aromatic heterocycles. The second-order valence-electron chi connectivity index (χ2n) is 10.0. The standard InChI is InChI=1S/C30H34F3NO3S/c1-5-6-7-8-9-24-27(38-28(34-24)21-10-13-23(14-11-21)30(31,32)33)17-15-25(36)22-12-16-26(20(2)18-22)37-29(3,4)19-35/h10-14,16,18-19H,5-9,15,17H2,1-4H3. The number of hydrogen-bond acceptors (Lipinski definition) is 5. The van der Waals surface area contributed by atoms with E-state index in [1.807, 2.05) is 6.92 Å². The molecule has 4 nitrogen and oxygen atoms in total. The summed E-state index contributed by atoms with van der Waals surface area (Å²) in [6.45, 7) is 7.33. The van der Waals surface area contributed by atoms with E-state index in [1.165, 1.54) is 23.5 Å². The number of carbonyl (C=O) groups excluding carboxylic acids is 2. The first-order valence-electron chi connectivity index (χ1n) is 12.9. The van der Waals surface area contributed by atoms with Gasteiger partial charge in [-0.25, -0.2) is 4.98 Å². The average molecular weight is 546 g/mol. The van der Waals surface area contributed by atoms with Gasteiger partial charge in [-0.3, -0.25) is 9.59 Å². The molecule has 0 atom stereocenters. The first-order valence-corrected chi connectivity index (χ1v) is 13.7. The van der Waals surface area contributed by atoms with Crippen molar-refractivity contribution in [2.24, 2.45) is 0 Å². The van der Waals surface area contributed by atoms with Crippen molar-refractivity contribution in [3.05, 3.63) is 69.7 Å². The van der Waals surface area contributed by atoms with Crippen molar-refractivity contribution in [3.63, 3.8) is 0 Å². The highest BCUT2D eigenvalue weighted by atomic mass is 32.1. The summed E-state index contributed by atoms with van der Waals surface area (Å²) in [5.41, 5.74) is 1.25. The topological polar surface area (TPSA) is 56.3 Å². The van der Waals surface area contributed by atoms with E-state index in [4.69, 9.17) is 9.72 Å². The van der Waals surface area contributed by atoms with Crippen molar-refractivity contribution in [1.29, 1.82) is 0 Å². The Labute approximate surface area is 226 Å². The van der Waals surface area contributed by atoms with E-state index in [2.05, 4.69) is 6.92 Å². The maximum Gasteiger partial charge on any atom is 0.416 e. The van der Waals surface area contributed by atoms with E-state index < -0.39 is 17.3 Å². The number of nitrogens with zero attached hydrogens (tertiary/aromatic N) is 1. The van der Waals surface area contributed by atoms with Crippen LogP contribution >= 0.6 is 11.3 Å². The summed E-state index contributed by atoms with van der Waals surface area (Å²) >= 11 is 1.44. The van der Waals surface area contributed by atoms with E-state index in [0.717, 1.165) is 66.7 Å². The zero-order chi connectivity index (χ0) is 27.9. The van der Waals surface area contributed by atoms with Crippen LogP contribution in [0.1, 0.15) is 84.9 Å². The largest absolute Gasteiger partial charge is 0.480 e. The van der Waals surface area contributed by atoms with Crippen LogP contribution in [0, 0.1) is 6.92 Å². The maximum absolute atomic E-state index is 13.0. The summed E-state index contributed by atoms with van der Waals surface area (Å²) < 4.78 is 44.7. The lowest BCUT2D eigenvalue weighted by Crippen LogP contribution is -2.30. The maximum atomic E-state index is 13.0. The summed E-state index contributed by atoms with van der Waals surface area (Å²) in [7, 11) is 0. The summed E-state index contributed by atoms with van der Waals surface area (Å²) in [5.74, 6) is 0.535. The summed E-state index contributed by atoms with van der Waals surface area (Å²) in [5, 5.41) is 0.668. The number of ketones is 1. The van der Waals surface area contributed by atoms with Crippen LogP contribution in [0.2, 0.25) is 0 Å². The van der Waals surface area contributed by atoms with E-state index in [1.54, 1.807) is 32.0 Å². The number of unbranched alkanes of at least 4 members (excludes halogenated alkanes) is 3. The molecule has 204 valence electrons. The molecule has 0 saturated carbocycles. The minimum atomic E-state index is -4.38. The van der Waals surface area contributed by atoms with Crippen LogP contribution in [-0.2, 0) is 23.8 Å². The number of thiazole rings is 1. The molecule has 0 unspecified atom stereocenters. The van der Waals surface area contributed by atoms with E-state index >= 15 is 0 Å². The number of aromatic nitrogens is 1. The molecule has 0 aliphatic carbocycles. The Balaban J connectivity index is 1.76. The first kappa shape index (κ1) is 29.6. The Kier molecular flexibility index (Phi) is 9.88. The predicted octanol–water partition coefficient (Wildman–Crippen LogP) is 8.43. The smallest absolute Gasteiger partial charge is 0.416 e. The third-order valence-corrected chi connectivity index (χ3v) is 7.44. The van der Waals surface area contributed by atoms with Crippen LogP contribution in [-0.4, -0.2) is 22.7 Å². The number of carbonyl (C=O) groups is 2. The van der Waals surface area contributed by atoms with Crippen LogP contribution in [0.4, 0.5) is 13.2 Å². The highest BCUT2D eigenvalue weighted by Gasteiger charge is 2.30. The molecule has 0 aliphatic rings. The monoisotopic (exact) mass is 545 g/mol. The molecule has 3 aromatic rings. The molecule has 1 heterocycles. The Morgan fingerprint density at radius 2 is 1.74 bits per heavy atom. The summed E-state index contributed by atoms with van der Waals surface area (Å²) in [6.07, 6.45) is 2.23. The quantitative estimate of drug-likeness (QED) is 0.123. The molecule has 3 rings (SSSR count). The van der Waals surface area contributed by atoms with Gasteiger partial charge in [0.25, 0.3) is 0 Å². The first-order chi connectivity index (χ1) is 17.9. The molecule has 0 aliphatic heterocycles. The van der Waals surface area contributed by atoms with Crippen molar-refractivity contribution in [2.45, 2.75) is 84.4 Å². The number of aryl methyl sites for hydroxylation is 3. The van der Waals surface area contributed by atoms with E-state index in [0.29, 0.717) is 28.3 Å². The van der Waals surface area contributed by atoms with Gasteiger partial charge in [-0.2, -0.15) is 13.2 Å². The highest BCUT2D eigenvalue weighted by molar-refractivity contribution is 7.15. The molecule has 2 aromatic carbocycles. The van der Waals surface area contributed by atoms with E-state index in [9.17, 15) is 22.8 Å². The fourth-order valence-corrected chi connectivity index (χ4v) is 5.15. The van der Waals surface area contributed by atoms with Gasteiger partial charge in [0.15, 0.2) is 17.7 Å². The van der Waals surface area contributed by atoms with Gasteiger partial charge in [-0.15, -0.1) is 11.3 Å². The van der Waals surface area contributed by atoms with Gasteiger partial charge >= 0.3 is 6.18 Å². The van der Waals surface area contributed by atoms with Crippen LogP contribution in [0.5, 0.6) is 5.75 Å². The van der Waals surface area contributed by atoms with Crippen molar-refractivity contribution in [2.75, 3.05) is 0 Å². The van der Waals surface area contributed by atoms with Crippen LogP contribution < -0.4 is 4.74 Å². The Morgan fingerprint density at radius 3 is 2.34 bits per heavy atom. The molecule has 0 saturated heterocycles. The van der Waals surface area contributed by atoms with Crippen LogP contribution in [0.3, 0.4) is 0 Å². The second kappa shape index (κ2) is 12.7. The minimum Gasteiger partial charge on any atom is -0.480 e. The van der Waals surface area contributed by atoms with Gasteiger partial charge in [0.2, 0.25) is 0 Å². The molecule has 0 radical (unpaired) electrons. The summed E-state index contributed by atoms with van der Waals surface area (Å²) in [4.78, 5) is 30.0.